The van der Waals surface area contributed by atoms with Crippen LogP contribution >= 0.6 is 15.9 Å². The summed E-state index contributed by atoms with van der Waals surface area (Å²) in [5.74, 6) is 0.618. The number of urea groups is 1. The van der Waals surface area contributed by atoms with E-state index in [-0.39, 0.29) is 12.1 Å². The van der Waals surface area contributed by atoms with Crippen LogP contribution in [0.4, 0.5) is 10.6 Å². The molecule has 8 heteroatoms. The fourth-order valence-electron chi connectivity index (χ4n) is 4.00. The van der Waals surface area contributed by atoms with Crippen LogP contribution in [-0.2, 0) is 7.05 Å². The van der Waals surface area contributed by atoms with Crippen molar-refractivity contribution in [3.8, 4) is 16.9 Å². The van der Waals surface area contributed by atoms with E-state index in [9.17, 15) is 4.79 Å². The predicted octanol–water partition coefficient (Wildman–Crippen LogP) is 6.04. The van der Waals surface area contributed by atoms with E-state index in [1.807, 2.05) is 62.7 Å². The van der Waals surface area contributed by atoms with Gasteiger partial charge in [0, 0.05) is 28.9 Å². The van der Waals surface area contributed by atoms with E-state index in [1.54, 1.807) is 15.6 Å². The molecule has 0 saturated carbocycles. The van der Waals surface area contributed by atoms with E-state index in [1.165, 1.54) is 0 Å². The minimum atomic E-state index is -0.291. The number of carbonyl (C=O) groups is 1. The molecule has 7 nitrogen and oxygen atoms in total. The second kappa shape index (κ2) is 10.7. The number of allylic oxidation sites excluding steroid dienone is 3. The highest BCUT2D eigenvalue weighted by atomic mass is 79.9. The highest BCUT2D eigenvalue weighted by Gasteiger charge is 2.21. The topological polar surface area (TPSA) is 76.8 Å². The van der Waals surface area contributed by atoms with Crippen molar-refractivity contribution < 1.29 is 4.79 Å². The molecule has 2 amide bonds. The van der Waals surface area contributed by atoms with Crippen LogP contribution in [0, 0.1) is 6.92 Å². The number of amides is 2. The Kier molecular flexibility index (Phi) is 7.47. The summed E-state index contributed by atoms with van der Waals surface area (Å²) in [5.41, 5.74) is 4.25. The molecule has 1 aromatic carbocycles. The lowest BCUT2D eigenvalue weighted by molar-refractivity contribution is 0.249. The second-order valence-electron chi connectivity index (χ2n) is 8.41. The van der Waals surface area contributed by atoms with E-state index in [0.29, 0.717) is 5.82 Å². The van der Waals surface area contributed by atoms with Crippen LogP contribution in [0.15, 0.2) is 77.6 Å². The van der Waals surface area contributed by atoms with Gasteiger partial charge in [0.05, 0.1) is 17.9 Å². The first-order valence-electron chi connectivity index (χ1n) is 11.4. The summed E-state index contributed by atoms with van der Waals surface area (Å²) in [6, 6.07) is 9.31. The van der Waals surface area contributed by atoms with Crippen LogP contribution < -0.4 is 10.6 Å². The Labute approximate surface area is 208 Å². The van der Waals surface area contributed by atoms with Crippen LogP contribution in [0.1, 0.15) is 31.2 Å². The lowest BCUT2D eigenvalue weighted by Gasteiger charge is -2.21. The third-order valence-corrected chi connectivity index (χ3v) is 6.29. The number of rotatable bonds is 4. The van der Waals surface area contributed by atoms with E-state index in [4.69, 9.17) is 5.10 Å². The molecule has 0 radical (unpaired) electrons. The Morgan fingerprint density at radius 1 is 1.24 bits per heavy atom. The van der Waals surface area contributed by atoms with E-state index in [2.05, 4.69) is 44.3 Å². The van der Waals surface area contributed by atoms with Crippen molar-refractivity contribution in [1.82, 2.24) is 24.9 Å². The van der Waals surface area contributed by atoms with Crippen LogP contribution in [0.2, 0.25) is 0 Å². The Hall–Kier alpha value is -3.39. The number of benzene rings is 1. The van der Waals surface area contributed by atoms with Gasteiger partial charge < -0.3 is 5.32 Å². The summed E-state index contributed by atoms with van der Waals surface area (Å²) < 4.78 is 4.45. The summed E-state index contributed by atoms with van der Waals surface area (Å²) in [7, 11) is 1.87. The fourth-order valence-corrected chi connectivity index (χ4v) is 4.48. The number of nitrogens with one attached hydrogen (secondary N) is 2. The summed E-state index contributed by atoms with van der Waals surface area (Å²) in [6.45, 7) is 6.16. The smallest absolute Gasteiger partial charge is 0.320 e. The number of halogens is 1. The number of carbonyl (C=O) groups excluding carboxylic acids is 1. The summed E-state index contributed by atoms with van der Waals surface area (Å²) in [4.78, 5) is 13.2. The molecule has 0 bridgehead atoms. The average molecular weight is 521 g/mol. The normalized spacial score (nSPS) is 19.2. The minimum absolute atomic E-state index is 0.162. The zero-order valence-corrected chi connectivity index (χ0v) is 21.0. The molecule has 2 aromatic heterocycles. The molecule has 1 aliphatic rings. The molecule has 34 heavy (non-hydrogen) atoms. The molecule has 1 aliphatic carbocycles. The van der Waals surface area contributed by atoms with Gasteiger partial charge in [0.1, 0.15) is 11.5 Å². The van der Waals surface area contributed by atoms with Gasteiger partial charge in [-0.2, -0.15) is 10.2 Å². The van der Waals surface area contributed by atoms with Crippen molar-refractivity contribution in [2.24, 2.45) is 7.05 Å². The maximum atomic E-state index is 13.2. The van der Waals surface area contributed by atoms with Gasteiger partial charge in [-0.25, -0.2) is 9.48 Å². The van der Waals surface area contributed by atoms with Crippen LogP contribution in [-0.4, -0.2) is 31.6 Å². The maximum Gasteiger partial charge on any atom is 0.320 e. The highest BCUT2D eigenvalue weighted by molar-refractivity contribution is 9.11. The first-order valence-corrected chi connectivity index (χ1v) is 12.2. The molecule has 176 valence electrons. The van der Waals surface area contributed by atoms with Crippen molar-refractivity contribution in [2.45, 2.75) is 38.6 Å². The van der Waals surface area contributed by atoms with Crippen LogP contribution in [0.5, 0.6) is 0 Å². The van der Waals surface area contributed by atoms with Gasteiger partial charge in [-0.05, 0) is 50.0 Å². The van der Waals surface area contributed by atoms with Gasteiger partial charge in [0.15, 0.2) is 0 Å². The number of aryl methyl sites for hydroxylation is 1. The van der Waals surface area contributed by atoms with Crippen molar-refractivity contribution in [1.29, 1.82) is 0 Å². The first-order chi connectivity index (χ1) is 16.4. The molecule has 0 saturated heterocycles. The zero-order chi connectivity index (χ0) is 24.1. The SMILES string of the molecule is C=C1/C=C(Br)\C=C/CCCCC1NC(=O)Nc1c(C)c(-c2cnn(C)c2)nn1-c1ccccc1. The lowest BCUT2D eigenvalue weighted by Crippen LogP contribution is -2.39. The molecule has 3 aromatic rings. The monoisotopic (exact) mass is 520 g/mol. The Morgan fingerprint density at radius 2 is 2.03 bits per heavy atom. The van der Waals surface area contributed by atoms with Crippen molar-refractivity contribution in [3.05, 3.63) is 83.2 Å². The van der Waals surface area contributed by atoms with Gasteiger partial charge in [-0.3, -0.25) is 10.00 Å². The maximum absolute atomic E-state index is 13.2. The third kappa shape index (κ3) is 5.56. The molecule has 1 atom stereocenters. The standard InChI is InChI=1S/C26H29BrN6O/c1-18-15-21(27)11-7-4-5-10-14-23(18)29-26(34)30-25-19(2)24(20-16-28-32(3)17-20)31-33(25)22-12-8-6-9-13-22/h6-9,11-13,15-17,23H,1,4-5,10,14H2,2-3H3,(H2,29,30,34)/b11-7-,21-15+. The number of nitrogens with zero attached hydrogens (tertiary/aromatic N) is 4. The van der Waals surface area contributed by atoms with Gasteiger partial charge >= 0.3 is 6.03 Å². The van der Waals surface area contributed by atoms with Gasteiger partial charge in [0.25, 0.3) is 0 Å². The minimum Gasteiger partial charge on any atom is -0.331 e. The largest absolute Gasteiger partial charge is 0.331 e. The highest BCUT2D eigenvalue weighted by Crippen LogP contribution is 2.30. The predicted molar refractivity (Wildman–Crippen MR) is 140 cm³/mol. The van der Waals surface area contributed by atoms with Gasteiger partial charge in [0.2, 0.25) is 0 Å². The molecule has 2 N–H and O–H groups in total. The van der Waals surface area contributed by atoms with E-state index >= 15 is 0 Å². The Balaban J connectivity index is 1.62. The first kappa shape index (κ1) is 23.8. The zero-order valence-electron chi connectivity index (χ0n) is 19.5. The van der Waals surface area contributed by atoms with Crippen molar-refractivity contribution in [3.63, 3.8) is 0 Å². The lowest BCUT2D eigenvalue weighted by atomic mass is 10.00. The fraction of sp³-hybridized carbons (Fsp3) is 0.269. The second-order valence-corrected chi connectivity index (χ2v) is 9.33. The molecule has 2 heterocycles. The molecule has 0 fully saturated rings. The number of aromatic nitrogens is 4. The van der Waals surface area contributed by atoms with Gasteiger partial charge in [-0.1, -0.05) is 59.3 Å². The number of para-hydroxylation sites is 1. The average Bonchev–Trinajstić information content (AvgIpc) is 3.38. The third-order valence-electron chi connectivity index (χ3n) is 5.80. The van der Waals surface area contributed by atoms with E-state index in [0.717, 1.165) is 58.2 Å². The van der Waals surface area contributed by atoms with E-state index < -0.39 is 0 Å². The number of hydrogen-bond acceptors (Lipinski definition) is 3. The number of hydrogen-bond donors (Lipinski definition) is 2. The van der Waals surface area contributed by atoms with Gasteiger partial charge in [-0.15, -0.1) is 0 Å². The Bertz CT molecular complexity index is 1240. The molecular weight excluding hydrogens is 492 g/mol. The summed E-state index contributed by atoms with van der Waals surface area (Å²) >= 11 is 3.56. The van der Waals surface area contributed by atoms with Crippen LogP contribution in [0.3, 0.4) is 0 Å². The summed E-state index contributed by atoms with van der Waals surface area (Å²) in [6.07, 6.45) is 13.8. The molecule has 0 spiro atoms. The molecule has 0 aliphatic heterocycles. The molecule has 1 unspecified atom stereocenters. The molecule has 4 rings (SSSR count). The van der Waals surface area contributed by atoms with Crippen molar-refractivity contribution >= 4 is 27.8 Å². The number of anilines is 1. The summed E-state index contributed by atoms with van der Waals surface area (Å²) in [5, 5.41) is 15.3. The Morgan fingerprint density at radius 3 is 2.76 bits per heavy atom. The van der Waals surface area contributed by atoms with Crippen LogP contribution in [0.25, 0.3) is 16.9 Å². The van der Waals surface area contributed by atoms with Crippen molar-refractivity contribution in [2.75, 3.05) is 5.32 Å². The quantitative estimate of drug-likeness (QED) is 0.440. The molecular formula is C26H29BrN6O.